The summed E-state index contributed by atoms with van der Waals surface area (Å²) in [6.45, 7) is 0.0232. The van der Waals surface area contributed by atoms with E-state index in [1.165, 1.54) is 38.5 Å². The minimum absolute atomic E-state index is 0.114. The van der Waals surface area contributed by atoms with Gasteiger partial charge in [-0.2, -0.15) is 0 Å². The average Bonchev–Trinajstić information content (AvgIpc) is 3.02. The monoisotopic (exact) mass is 664 g/mol. The average molecular weight is 665 g/mol. The van der Waals surface area contributed by atoms with Crippen molar-refractivity contribution >= 4 is 26.0 Å². The molecule has 0 fully saturated rings. The lowest BCUT2D eigenvalue weighted by molar-refractivity contribution is -0.161. The second kappa shape index (κ2) is 31.0. The number of phosphoric acid groups is 1. The topological polar surface area (TPSA) is 166 Å². The Labute approximate surface area is 271 Å². The molecule has 12 heteroatoms. The lowest BCUT2D eigenvalue weighted by atomic mass is 10.1. The van der Waals surface area contributed by atoms with E-state index in [4.69, 9.17) is 19.1 Å². The van der Waals surface area contributed by atoms with Gasteiger partial charge in [-0.15, -0.1) is 0 Å². The number of allylic oxidation sites excluding steroid dienone is 2. The third kappa shape index (κ3) is 30.8. The van der Waals surface area contributed by atoms with Gasteiger partial charge >= 0.3 is 19.8 Å². The van der Waals surface area contributed by atoms with Crippen LogP contribution in [0.3, 0.4) is 0 Å². The van der Waals surface area contributed by atoms with Gasteiger partial charge in [0.25, 0.3) is 0 Å². The Morgan fingerprint density at radius 2 is 1.18 bits per heavy atom. The molecule has 0 aromatic heterocycles. The molecule has 0 heterocycles. The Bertz CT molecular complexity index is 806. The second-order valence-corrected chi connectivity index (χ2v) is 13.0. The molecule has 0 saturated carbocycles. The van der Waals surface area contributed by atoms with Gasteiger partial charge in [-0.25, -0.2) is 4.57 Å². The third-order valence-corrected chi connectivity index (χ3v) is 8.09. The van der Waals surface area contributed by atoms with Crippen molar-refractivity contribution in [3.63, 3.8) is 0 Å². The molecule has 0 bridgehead atoms. The van der Waals surface area contributed by atoms with Crippen LogP contribution in [0.1, 0.15) is 142 Å². The van der Waals surface area contributed by atoms with Crippen molar-refractivity contribution in [3.05, 3.63) is 12.2 Å². The van der Waals surface area contributed by atoms with Crippen molar-refractivity contribution in [2.75, 3.05) is 26.4 Å². The minimum Gasteiger partial charge on any atom is -0.462 e. The predicted octanol–water partition coefficient (Wildman–Crippen LogP) is 6.90. The highest BCUT2D eigenvalue weighted by atomic mass is 31.2. The van der Waals surface area contributed by atoms with Crippen molar-refractivity contribution in [1.29, 1.82) is 0 Å². The molecule has 0 aliphatic rings. The lowest BCUT2D eigenvalue weighted by Gasteiger charge is -2.20. The number of carbonyl (C=O) groups excluding carboxylic acids is 3. The van der Waals surface area contributed by atoms with Crippen LogP contribution in [-0.2, 0) is 37.5 Å². The molecule has 0 rings (SSSR count). The van der Waals surface area contributed by atoms with Crippen LogP contribution >= 0.6 is 7.82 Å². The standard InChI is InChI=1S/C33H61O11P/c1-2-3-4-5-6-7-8-9-10-11-12-13-14-17-20-23-32(37)41-28-31(29-43-45(39,40)42-27-30(36)26-35)44-33(38)24-21-18-15-16-19-22-25-34/h9-10,25,30-31,35-36H,2-8,11-24,26-29H2,1H3,(H,39,40)/b10-9-/t30-,31+/m0/s1. The van der Waals surface area contributed by atoms with E-state index in [0.29, 0.717) is 19.3 Å². The summed E-state index contributed by atoms with van der Waals surface area (Å²) >= 11 is 0. The SMILES string of the molecule is CCCCCCCC/C=C\CCCCCCCC(=O)OC[C@H](COP(=O)(O)OC[C@@H](O)CO)OC(=O)CCCCCCCC=O. The number of phosphoric ester groups is 1. The van der Waals surface area contributed by atoms with E-state index in [2.05, 4.69) is 23.6 Å². The normalized spacial score (nSPS) is 14.2. The molecule has 3 N–H and O–H groups in total. The number of aliphatic hydroxyl groups excluding tert-OH is 2. The fourth-order valence-electron chi connectivity index (χ4n) is 4.43. The van der Waals surface area contributed by atoms with Crippen LogP contribution in [0, 0.1) is 0 Å². The zero-order valence-electron chi connectivity index (χ0n) is 27.6. The molecule has 1 unspecified atom stereocenters. The van der Waals surface area contributed by atoms with E-state index < -0.39 is 51.8 Å². The number of ether oxygens (including phenoxy) is 2. The Hall–Kier alpha value is -1.62. The maximum Gasteiger partial charge on any atom is 0.472 e. The highest BCUT2D eigenvalue weighted by Gasteiger charge is 2.27. The molecule has 0 amide bonds. The first-order valence-corrected chi connectivity index (χ1v) is 18.6. The molecule has 0 aromatic carbocycles. The minimum atomic E-state index is -4.62. The van der Waals surface area contributed by atoms with Gasteiger partial charge in [0.05, 0.1) is 19.8 Å². The quantitative estimate of drug-likeness (QED) is 0.0220. The first-order chi connectivity index (χ1) is 21.7. The van der Waals surface area contributed by atoms with E-state index in [0.717, 1.165) is 70.5 Å². The van der Waals surface area contributed by atoms with Crippen molar-refractivity contribution < 1.29 is 52.6 Å². The van der Waals surface area contributed by atoms with E-state index in [9.17, 15) is 28.9 Å². The van der Waals surface area contributed by atoms with Crippen LogP contribution in [0.5, 0.6) is 0 Å². The molecule has 3 atom stereocenters. The van der Waals surface area contributed by atoms with Gasteiger partial charge in [-0.1, -0.05) is 89.7 Å². The third-order valence-electron chi connectivity index (χ3n) is 7.14. The smallest absolute Gasteiger partial charge is 0.462 e. The lowest BCUT2D eigenvalue weighted by Crippen LogP contribution is -2.29. The molecular formula is C33H61O11P. The number of hydrogen-bond donors (Lipinski definition) is 3. The fourth-order valence-corrected chi connectivity index (χ4v) is 5.22. The fraction of sp³-hybridized carbons (Fsp3) is 0.848. The molecule has 0 aliphatic carbocycles. The molecule has 11 nitrogen and oxygen atoms in total. The number of aliphatic hydroxyl groups is 2. The largest absolute Gasteiger partial charge is 0.472 e. The molecule has 0 aliphatic heterocycles. The van der Waals surface area contributed by atoms with Gasteiger partial charge in [-0.3, -0.25) is 18.6 Å². The zero-order chi connectivity index (χ0) is 33.4. The number of rotatable bonds is 33. The van der Waals surface area contributed by atoms with Crippen LogP contribution in [-0.4, -0.2) is 72.0 Å². The summed E-state index contributed by atoms with van der Waals surface area (Å²) in [4.78, 5) is 44.8. The van der Waals surface area contributed by atoms with Crippen molar-refractivity contribution in [3.8, 4) is 0 Å². The van der Waals surface area contributed by atoms with Gasteiger partial charge in [0.1, 0.15) is 19.0 Å². The van der Waals surface area contributed by atoms with Crippen LogP contribution in [0.4, 0.5) is 0 Å². The molecule has 0 radical (unpaired) electrons. The number of carbonyl (C=O) groups is 3. The number of aldehydes is 1. The number of unbranched alkanes of at least 4 members (excludes halogenated alkanes) is 16. The summed E-state index contributed by atoms with van der Waals surface area (Å²) in [7, 11) is -4.62. The Morgan fingerprint density at radius 3 is 1.73 bits per heavy atom. The van der Waals surface area contributed by atoms with Gasteiger partial charge in [0.2, 0.25) is 0 Å². The molecule has 264 valence electrons. The first-order valence-electron chi connectivity index (χ1n) is 17.1. The summed E-state index contributed by atoms with van der Waals surface area (Å²) in [6, 6.07) is 0. The van der Waals surface area contributed by atoms with Crippen LogP contribution in [0.15, 0.2) is 12.2 Å². The molecular weight excluding hydrogens is 603 g/mol. The Balaban J connectivity index is 4.33. The van der Waals surface area contributed by atoms with Crippen LogP contribution in [0.25, 0.3) is 0 Å². The van der Waals surface area contributed by atoms with Gasteiger partial charge in [0.15, 0.2) is 6.10 Å². The summed E-state index contributed by atoms with van der Waals surface area (Å²) in [6.07, 6.45) is 22.7. The highest BCUT2D eigenvalue weighted by Crippen LogP contribution is 2.43. The van der Waals surface area contributed by atoms with E-state index in [1.54, 1.807) is 0 Å². The van der Waals surface area contributed by atoms with Crippen molar-refractivity contribution in [2.45, 2.75) is 154 Å². The van der Waals surface area contributed by atoms with E-state index in [1.807, 2.05) is 0 Å². The Kier molecular flexibility index (Phi) is 29.9. The van der Waals surface area contributed by atoms with Gasteiger partial charge in [-0.05, 0) is 44.9 Å². The zero-order valence-corrected chi connectivity index (χ0v) is 28.5. The Morgan fingerprint density at radius 1 is 0.689 bits per heavy atom. The van der Waals surface area contributed by atoms with E-state index >= 15 is 0 Å². The van der Waals surface area contributed by atoms with Gasteiger partial charge < -0.3 is 29.4 Å². The van der Waals surface area contributed by atoms with Crippen LogP contribution in [0.2, 0.25) is 0 Å². The summed E-state index contributed by atoms with van der Waals surface area (Å²) in [5, 5.41) is 18.2. The van der Waals surface area contributed by atoms with Crippen LogP contribution < -0.4 is 0 Å². The van der Waals surface area contributed by atoms with Crippen molar-refractivity contribution in [2.24, 2.45) is 0 Å². The maximum atomic E-state index is 12.3. The van der Waals surface area contributed by atoms with E-state index in [-0.39, 0.29) is 19.4 Å². The molecule has 0 saturated heterocycles. The predicted molar refractivity (Wildman–Crippen MR) is 173 cm³/mol. The van der Waals surface area contributed by atoms with Gasteiger partial charge in [0, 0.05) is 19.3 Å². The van der Waals surface area contributed by atoms with Crippen molar-refractivity contribution in [1.82, 2.24) is 0 Å². The number of esters is 2. The molecule has 0 spiro atoms. The molecule has 0 aromatic rings. The first kappa shape index (κ1) is 43.4. The highest BCUT2D eigenvalue weighted by molar-refractivity contribution is 7.47. The maximum absolute atomic E-state index is 12.3. The summed E-state index contributed by atoms with van der Waals surface area (Å²) in [5.41, 5.74) is 0. The summed E-state index contributed by atoms with van der Waals surface area (Å²) < 4.78 is 32.2. The second-order valence-electron chi connectivity index (χ2n) is 11.5. The molecule has 45 heavy (non-hydrogen) atoms. The summed E-state index contributed by atoms with van der Waals surface area (Å²) in [5.74, 6) is -1.02. The number of hydrogen-bond acceptors (Lipinski definition) is 10.